The largest absolute Gasteiger partial charge is 0.314 e. The number of nitrogens with one attached hydrogen (secondary N) is 1. The van der Waals surface area contributed by atoms with Crippen molar-refractivity contribution >= 4 is 22.7 Å². The standard InChI is InChI=1S/C11H15N3S2/c1-8(2)12-4-3-9-5-16-11(14-9)10-6-15-7-13-10/h5-8,12H,3-4H2,1-2H3. The molecular weight excluding hydrogens is 238 g/mol. The number of aromatic nitrogens is 2. The molecule has 0 amide bonds. The fourth-order valence-electron chi connectivity index (χ4n) is 1.35. The Balaban J connectivity index is 1.93. The third kappa shape index (κ3) is 3.10. The molecule has 3 nitrogen and oxygen atoms in total. The van der Waals surface area contributed by atoms with Crippen molar-refractivity contribution < 1.29 is 0 Å². The Hall–Kier alpha value is -0.780. The number of thiazole rings is 2. The third-order valence-electron chi connectivity index (χ3n) is 2.14. The molecule has 2 aromatic heterocycles. The van der Waals surface area contributed by atoms with Crippen LogP contribution < -0.4 is 5.32 Å². The molecule has 5 heteroatoms. The van der Waals surface area contributed by atoms with Crippen LogP contribution in [0.15, 0.2) is 16.3 Å². The first kappa shape index (κ1) is 11.7. The van der Waals surface area contributed by atoms with Crippen LogP contribution in [-0.4, -0.2) is 22.6 Å². The van der Waals surface area contributed by atoms with E-state index in [1.807, 2.05) is 10.9 Å². The molecule has 0 fully saturated rings. The summed E-state index contributed by atoms with van der Waals surface area (Å²) in [6.45, 7) is 5.29. The second-order valence-electron chi connectivity index (χ2n) is 3.88. The summed E-state index contributed by atoms with van der Waals surface area (Å²) < 4.78 is 0. The molecule has 2 rings (SSSR count). The first-order chi connectivity index (χ1) is 7.75. The van der Waals surface area contributed by atoms with Crippen molar-refractivity contribution in [1.82, 2.24) is 15.3 Å². The molecule has 0 saturated heterocycles. The summed E-state index contributed by atoms with van der Waals surface area (Å²) in [4.78, 5) is 8.83. The summed E-state index contributed by atoms with van der Waals surface area (Å²) in [5, 5.41) is 8.58. The van der Waals surface area contributed by atoms with Gasteiger partial charge in [0.2, 0.25) is 0 Å². The normalized spacial score (nSPS) is 11.2. The van der Waals surface area contributed by atoms with Gasteiger partial charge < -0.3 is 5.32 Å². The molecule has 0 atom stereocenters. The molecule has 0 aliphatic carbocycles. The average Bonchev–Trinajstić information content (AvgIpc) is 2.85. The van der Waals surface area contributed by atoms with Crippen molar-refractivity contribution in [3.05, 3.63) is 22.0 Å². The minimum absolute atomic E-state index is 0.539. The van der Waals surface area contributed by atoms with Crippen LogP contribution in [-0.2, 0) is 6.42 Å². The van der Waals surface area contributed by atoms with Crippen LogP contribution in [0.3, 0.4) is 0 Å². The van der Waals surface area contributed by atoms with Gasteiger partial charge in [-0.05, 0) is 0 Å². The molecule has 0 bridgehead atoms. The Kier molecular flexibility index (Phi) is 4.04. The molecule has 86 valence electrons. The summed E-state index contributed by atoms with van der Waals surface area (Å²) in [6.07, 6.45) is 0.985. The molecule has 0 radical (unpaired) electrons. The molecule has 2 heterocycles. The lowest BCUT2D eigenvalue weighted by Crippen LogP contribution is -2.24. The zero-order valence-electron chi connectivity index (χ0n) is 9.43. The Morgan fingerprint density at radius 1 is 1.38 bits per heavy atom. The van der Waals surface area contributed by atoms with Crippen molar-refractivity contribution in [1.29, 1.82) is 0 Å². The van der Waals surface area contributed by atoms with Crippen LogP contribution in [0.4, 0.5) is 0 Å². The lowest BCUT2D eigenvalue weighted by Gasteiger charge is -2.05. The summed E-state index contributed by atoms with van der Waals surface area (Å²) in [7, 11) is 0. The van der Waals surface area contributed by atoms with E-state index in [2.05, 4.69) is 34.5 Å². The van der Waals surface area contributed by atoms with Gasteiger partial charge in [-0.2, -0.15) is 0 Å². The van der Waals surface area contributed by atoms with E-state index in [-0.39, 0.29) is 0 Å². The maximum atomic E-state index is 4.57. The van der Waals surface area contributed by atoms with E-state index in [9.17, 15) is 0 Å². The maximum Gasteiger partial charge on any atom is 0.142 e. The van der Waals surface area contributed by atoms with Crippen LogP contribution >= 0.6 is 22.7 Å². The minimum atomic E-state index is 0.539. The van der Waals surface area contributed by atoms with Crippen molar-refractivity contribution in [3.63, 3.8) is 0 Å². The topological polar surface area (TPSA) is 37.8 Å². The minimum Gasteiger partial charge on any atom is -0.314 e. The van der Waals surface area contributed by atoms with E-state index in [4.69, 9.17) is 0 Å². The first-order valence-electron chi connectivity index (χ1n) is 5.32. The van der Waals surface area contributed by atoms with Crippen molar-refractivity contribution in [2.45, 2.75) is 26.3 Å². The van der Waals surface area contributed by atoms with E-state index < -0.39 is 0 Å². The Morgan fingerprint density at radius 3 is 2.94 bits per heavy atom. The molecule has 0 aliphatic rings. The molecule has 0 unspecified atom stereocenters. The fraction of sp³-hybridized carbons (Fsp3) is 0.455. The lowest BCUT2D eigenvalue weighted by molar-refractivity contribution is 0.588. The number of hydrogen-bond donors (Lipinski definition) is 1. The second kappa shape index (κ2) is 5.52. The Morgan fingerprint density at radius 2 is 2.25 bits per heavy atom. The molecule has 0 aromatic carbocycles. The summed E-state index contributed by atoms with van der Waals surface area (Å²) in [5.74, 6) is 0. The highest BCUT2D eigenvalue weighted by Gasteiger charge is 2.06. The van der Waals surface area contributed by atoms with Crippen LogP contribution in [0.1, 0.15) is 19.5 Å². The molecular formula is C11H15N3S2. The highest BCUT2D eigenvalue weighted by Crippen LogP contribution is 2.23. The summed E-state index contributed by atoms with van der Waals surface area (Å²) in [6, 6.07) is 0.539. The summed E-state index contributed by atoms with van der Waals surface area (Å²) >= 11 is 3.28. The predicted molar refractivity (Wildman–Crippen MR) is 70.1 cm³/mol. The van der Waals surface area contributed by atoms with E-state index in [1.54, 1.807) is 22.7 Å². The van der Waals surface area contributed by atoms with Gasteiger partial charge in [0, 0.05) is 29.8 Å². The first-order valence-corrected chi connectivity index (χ1v) is 7.14. The van der Waals surface area contributed by atoms with Gasteiger partial charge in [0.05, 0.1) is 11.2 Å². The third-order valence-corrected chi connectivity index (χ3v) is 3.64. The molecule has 2 aromatic rings. The number of hydrogen-bond acceptors (Lipinski definition) is 5. The van der Waals surface area contributed by atoms with E-state index in [0.717, 1.165) is 29.4 Å². The van der Waals surface area contributed by atoms with Crippen molar-refractivity contribution in [2.75, 3.05) is 6.54 Å². The fourth-order valence-corrected chi connectivity index (χ4v) is 2.78. The Bertz CT molecular complexity index is 420. The highest BCUT2D eigenvalue weighted by atomic mass is 32.1. The smallest absolute Gasteiger partial charge is 0.142 e. The second-order valence-corrected chi connectivity index (χ2v) is 5.45. The zero-order chi connectivity index (χ0) is 11.4. The van der Waals surface area contributed by atoms with Crippen LogP contribution in [0.5, 0.6) is 0 Å². The van der Waals surface area contributed by atoms with Gasteiger partial charge in [-0.3, -0.25) is 0 Å². The van der Waals surface area contributed by atoms with Gasteiger partial charge in [-0.1, -0.05) is 13.8 Å². The lowest BCUT2D eigenvalue weighted by atomic mass is 10.3. The SMILES string of the molecule is CC(C)NCCc1csc(-c2cscn2)n1. The van der Waals surface area contributed by atoms with Gasteiger partial charge in [0.1, 0.15) is 10.7 Å². The van der Waals surface area contributed by atoms with E-state index >= 15 is 0 Å². The van der Waals surface area contributed by atoms with Gasteiger partial charge in [-0.15, -0.1) is 22.7 Å². The van der Waals surface area contributed by atoms with Gasteiger partial charge in [-0.25, -0.2) is 9.97 Å². The van der Waals surface area contributed by atoms with Crippen molar-refractivity contribution in [3.8, 4) is 10.7 Å². The van der Waals surface area contributed by atoms with Crippen LogP contribution in [0.25, 0.3) is 10.7 Å². The van der Waals surface area contributed by atoms with Crippen LogP contribution in [0, 0.1) is 0 Å². The van der Waals surface area contributed by atoms with E-state index in [1.165, 1.54) is 0 Å². The van der Waals surface area contributed by atoms with Crippen LogP contribution in [0.2, 0.25) is 0 Å². The molecule has 0 spiro atoms. The summed E-state index contributed by atoms with van der Waals surface area (Å²) in [5.41, 5.74) is 4.00. The van der Waals surface area contributed by atoms with E-state index in [0.29, 0.717) is 6.04 Å². The average molecular weight is 253 g/mol. The molecule has 16 heavy (non-hydrogen) atoms. The van der Waals surface area contributed by atoms with Gasteiger partial charge in [0.25, 0.3) is 0 Å². The Labute approximate surface area is 104 Å². The van der Waals surface area contributed by atoms with Crippen molar-refractivity contribution in [2.24, 2.45) is 0 Å². The monoisotopic (exact) mass is 253 g/mol. The zero-order valence-corrected chi connectivity index (χ0v) is 11.1. The van der Waals surface area contributed by atoms with Gasteiger partial charge in [0.15, 0.2) is 0 Å². The molecule has 0 aliphatic heterocycles. The quantitative estimate of drug-likeness (QED) is 0.890. The molecule has 0 saturated carbocycles. The number of rotatable bonds is 5. The maximum absolute atomic E-state index is 4.57. The molecule has 1 N–H and O–H groups in total. The highest BCUT2D eigenvalue weighted by molar-refractivity contribution is 7.13. The van der Waals surface area contributed by atoms with Gasteiger partial charge >= 0.3 is 0 Å². The predicted octanol–water partition coefficient (Wildman–Crippen LogP) is 2.81. The number of nitrogens with zero attached hydrogens (tertiary/aromatic N) is 2.